The van der Waals surface area contributed by atoms with Crippen molar-refractivity contribution in [2.75, 3.05) is 27.6 Å². The van der Waals surface area contributed by atoms with E-state index in [1.54, 1.807) is 23.6 Å². The van der Waals surface area contributed by atoms with Crippen molar-refractivity contribution < 1.29 is 28.5 Å². The molecule has 0 saturated carbocycles. The Morgan fingerprint density at radius 1 is 1.13 bits per heavy atom. The van der Waals surface area contributed by atoms with Gasteiger partial charge in [-0.1, -0.05) is 0 Å². The number of pyridine rings is 1. The molecule has 0 N–H and O–H groups in total. The number of methoxy groups -OCH3 is 2. The van der Waals surface area contributed by atoms with Gasteiger partial charge in [0.15, 0.2) is 23.0 Å². The van der Waals surface area contributed by atoms with Crippen LogP contribution in [0, 0.1) is 0 Å². The minimum Gasteiger partial charge on any atom is -0.493 e. The number of carbonyl (C=O) groups is 1. The lowest BCUT2D eigenvalue weighted by molar-refractivity contribution is 0.0528. The van der Waals surface area contributed by atoms with Crippen molar-refractivity contribution in [2.45, 2.75) is 19.9 Å². The fraction of sp³-hybridized carbons (Fsp3) is 0.304. The molecule has 0 saturated heterocycles. The predicted octanol–water partition coefficient (Wildman–Crippen LogP) is 3.15. The Morgan fingerprint density at radius 3 is 2.61 bits per heavy atom. The van der Waals surface area contributed by atoms with Crippen LogP contribution in [-0.2, 0) is 17.7 Å². The highest BCUT2D eigenvalue weighted by molar-refractivity contribution is 6.11. The molecule has 1 aromatic heterocycles. The largest absolute Gasteiger partial charge is 0.493 e. The topological polar surface area (TPSA) is 85.2 Å². The molecule has 0 aliphatic carbocycles. The summed E-state index contributed by atoms with van der Waals surface area (Å²) in [7, 11) is 2.98. The molecule has 8 nitrogen and oxygen atoms in total. The molecule has 2 aromatic carbocycles. The Bertz CT molecular complexity index is 1290. The molecule has 0 spiro atoms. The van der Waals surface area contributed by atoms with E-state index in [9.17, 15) is 9.59 Å². The second-order valence-electron chi connectivity index (χ2n) is 7.24. The van der Waals surface area contributed by atoms with Gasteiger partial charge in [0.1, 0.15) is 0 Å². The summed E-state index contributed by atoms with van der Waals surface area (Å²) in [5, 5.41) is 0.746. The van der Waals surface area contributed by atoms with Gasteiger partial charge in [0.05, 0.1) is 37.5 Å². The molecule has 160 valence electrons. The first-order valence-electron chi connectivity index (χ1n) is 10.0. The van der Waals surface area contributed by atoms with E-state index in [0.717, 1.165) is 11.1 Å². The Morgan fingerprint density at radius 2 is 1.90 bits per heavy atom. The summed E-state index contributed by atoms with van der Waals surface area (Å²) >= 11 is 0. The average molecular weight is 423 g/mol. The van der Waals surface area contributed by atoms with Gasteiger partial charge in [0, 0.05) is 17.5 Å². The van der Waals surface area contributed by atoms with Gasteiger partial charge in [-0.05, 0) is 43.2 Å². The minimum absolute atomic E-state index is 0.143. The molecule has 0 unspecified atom stereocenters. The summed E-state index contributed by atoms with van der Waals surface area (Å²) in [5.41, 5.74) is 2.32. The third-order valence-electron chi connectivity index (χ3n) is 5.72. The molecule has 0 radical (unpaired) electrons. The molecular formula is C23H21NO7. The molecule has 0 amide bonds. The van der Waals surface area contributed by atoms with Crippen LogP contribution in [0.15, 0.2) is 29.1 Å². The van der Waals surface area contributed by atoms with Gasteiger partial charge >= 0.3 is 5.97 Å². The van der Waals surface area contributed by atoms with Crippen molar-refractivity contribution >= 4 is 16.7 Å². The van der Waals surface area contributed by atoms with Crippen molar-refractivity contribution in [3.63, 3.8) is 0 Å². The van der Waals surface area contributed by atoms with Crippen LogP contribution >= 0.6 is 0 Å². The van der Waals surface area contributed by atoms with Crippen LogP contribution in [0.4, 0.5) is 0 Å². The van der Waals surface area contributed by atoms with E-state index in [-0.39, 0.29) is 24.3 Å². The SMILES string of the molecule is CCOC(=O)c1c2n(c(=O)c3c(OC)c(OC)ccc13)CCc1cc3c(cc1-2)OCO3. The number of aromatic nitrogens is 1. The Labute approximate surface area is 177 Å². The molecule has 8 heteroatoms. The highest BCUT2D eigenvalue weighted by atomic mass is 16.7. The number of hydrogen-bond acceptors (Lipinski definition) is 7. The zero-order chi connectivity index (χ0) is 21.7. The predicted molar refractivity (Wildman–Crippen MR) is 113 cm³/mol. The summed E-state index contributed by atoms with van der Waals surface area (Å²) in [6.45, 7) is 2.51. The van der Waals surface area contributed by atoms with E-state index >= 15 is 0 Å². The van der Waals surface area contributed by atoms with Gasteiger partial charge < -0.3 is 28.3 Å². The van der Waals surface area contributed by atoms with E-state index in [1.807, 2.05) is 12.1 Å². The van der Waals surface area contributed by atoms with Crippen molar-refractivity contribution in [1.29, 1.82) is 0 Å². The molecule has 2 aliphatic heterocycles. The second-order valence-corrected chi connectivity index (χ2v) is 7.24. The number of esters is 1. The van der Waals surface area contributed by atoms with Gasteiger partial charge in [-0.3, -0.25) is 4.79 Å². The van der Waals surface area contributed by atoms with E-state index < -0.39 is 5.97 Å². The molecule has 0 bridgehead atoms. The summed E-state index contributed by atoms with van der Waals surface area (Å²) < 4.78 is 29.0. The molecule has 5 rings (SSSR count). The fourth-order valence-corrected chi connectivity index (χ4v) is 4.39. The first-order chi connectivity index (χ1) is 15.1. The number of rotatable bonds is 4. The molecule has 2 aliphatic rings. The molecule has 0 fully saturated rings. The number of fused-ring (bicyclic) bond motifs is 5. The Balaban J connectivity index is 1.92. The number of ether oxygens (including phenoxy) is 5. The first kappa shape index (κ1) is 19.3. The third kappa shape index (κ3) is 2.74. The number of hydrogen-bond donors (Lipinski definition) is 0. The molecule has 31 heavy (non-hydrogen) atoms. The quantitative estimate of drug-likeness (QED) is 0.596. The zero-order valence-corrected chi connectivity index (χ0v) is 17.4. The first-order valence-corrected chi connectivity index (χ1v) is 10.0. The molecular weight excluding hydrogens is 402 g/mol. The van der Waals surface area contributed by atoms with Crippen LogP contribution in [0.3, 0.4) is 0 Å². The van der Waals surface area contributed by atoms with Crippen molar-refractivity contribution in [3.05, 3.63) is 45.7 Å². The van der Waals surface area contributed by atoms with Crippen molar-refractivity contribution in [1.82, 2.24) is 4.57 Å². The maximum atomic E-state index is 13.6. The van der Waals surface area contributed by atoms with Crippen molar-refractivity contribution in [2.24, 2.45) is 0 Å². The van der Waals surface area contributed by atoms with Crippen LogP contribution in [0.5, 0.6) is 23.0 Å². The van der Waals surface area contributed by atoms with E-state index in [2.05, 4.69) is 0 Å². The zero-order valence-electron chi connectivity index (χ0n) is 17.4. The smallest absolute Gasteiger partial charge is 0.340 e. The molecule has 3 aromatic rings. The molecule has 0 atom stereocenters. The summed E-state index contributed by atoms with van der Waals surface area (Å²) in [6.07, 6.45) is 0.610. The highest BCUT2D eigenvalue weighted by Gasteiger charge is 2.31. The van der Waals surface area contributed by atoms with Crippen LogP contribution in [0.2, 0.25) is 0 Å². The molecule has 3 heterocycles. The lowest BCUT2D eigenvalue weighted by Crippen LogP contribution is -2.29. The standard InChI is InChI=1S/C23H21NO7/c1-4-29-23(26)18-13-5-6-15(27-2)21(28-3)19(13)22(25)24-8-7-12-9-16-17(31-11-30-16)10-14(12)20(18)24/h5-6,9-10H,4,7-8,11H2,1-3H3. The van der Waals surface area contributed by atoms with Crippen LogP contribution in [0.1, 0.15) is 22.8 Å². The summed E-state index contributed by atoms with van der Waals surface area (Å²) in [4.78, 5) is 26.8. The van der Waals surface area contributed by atoms with Crippen LogP contribution in [-0.4, -0.2) is 38.2 Å². The van der Waals surface area contributed by atoms with Gasteiger partial charge in [0.2, 0.25) is 6.79 Å². The van der Waals surface area contributed by atoms with Gasteiger partial charge in [-0.15, -0.1) is 0 Å². The Hall–Kier alpha value is -3.68. The summed E-state index contributed by atoms with van der Waals surface area (Å²) in [5.74, 6) is 1.46. The maximum absolute atomic E-state index is 13.6. The number of nitrogens with zero attached hydrogens (tertiary/aromatic N) is 1. The van der Waals surface area contributed by atoms with E-state index in [1.165, 1.54) is 14.2 Å². The fourth-order valence-electron chi connectivity index (χ4n) is 4.39. The van der Waals surface area contributed by atoms with Crippen molar-refractivity contribution in [3.8, 4) is 34.3 Å². The van der Waals surface area contributed by atoms with E-state index in [4.69, 9.17) is 23.7 Å². The highest BCUT2D eigenvalue weighted by Crippen LogP contribution is 2.44. The lowest BCUT2D eigenvalue weighted by Gasteiger charge is -2.26. The third-order valence-corrected chi connectivity index (χ3v) is 5.72. The average Bonchev–Trinajstić information content (AvgIpc) is 3.24. The van der Waals surface area contributed by atoms with Crippen LogP contribution < -0.4 is 24.5 Å². The number of carbonyl (C=O) groups excluding carboxylic acids is 1. The van der Waals surface area contributed by atoms with Gasteiger partial charge in [0.25, 0.3) is 5.56 Å². The summed E-state index contributed by atoms with van der Waals surface area (Å²) in [6, 6.07) is 7.13. The van der Waals surface area contributed by atoms with Crippen LogP contribution in [0.25, 0.3) is 22.0 Å². The van der Waals surface area contributed by atoms with Gasteiger partial charge in [-0.2, -0.15) is 0 Å². The number of aryl methyl sites for hydroxylation is 1. The number of benzene rings is 2. The lowest BCUT2D eigenvalue weighted by atomic mass is 9.91. The van der Waals surface area contributed by atoms with E-state index in [0.29, 0.717) is 52.6 Å². The monoisotopic (exact) mass is 423 g/mol. The normalized spacial score (nSPS) is 13.5. The minimum atomic E-state index is -0.506. The maximum Gasteiger partial charge on any atom is 0.340 e. The second kappa shape index (κ2) is 7.23. The Kier molecular flexibility index (Phi) is 4.50. The van der Waals surface area contributed by atoms with Gasteiger partial charge in [-0.25, -0.2) is 4.79 Å².